The summed E-state index contributed by atoms with van der Waals surface area (Å²) in [7, 11) is 1.35. The third-order valence-corrected chi connectivity index (χ3v) is 4.31. The molecule has 2 aromatic heterocycles. The van der Waals surface area contributed by atoms with Crippen molar-refractivity contribution in [2.45, 2.75) is 45.6 Å². The van der Waals surface area contributed by atoms with Crippen LogP contribution in [-0.4, -0.2) is 27.7 Å². The van der Waals surface area contributed by atoms with Gasteiger partial charge in [0, 0.05) is 12.7 Å². The van der Waals surface area contributed by atoms with Gasteiger partial charge in [-0.3, -0.25) is 5.32 Å². The summed E-state index contributed by atoms with van der Waals surface area (Å²) in [5, 5.41) is 2.71. The van der Waals surface area contributed by atoms with Crippen LogP contribution in [0.25, 0.3) is 11.2 Å². The highest BCUT2D eigenvalue weighted by Gasteiger charge is 2.20. The third kappa shape index (κ3) is 3.05. The van der Waals surface area contributed by atoms with Crippen LogP contribution in [0.1, 0.15) is 37.7 Å². The molecule has 0 bridgehead atoms. The molecule has 6 heteroatoms. The lowest BCUT2D eigenvalue weighted by Crippen LogP contribution is -2.19. The summed E-state index contributed by atoms with van der Waals surface area (Å²) in [4.78, 5) is 20.4. The van der Waals surface area contributed by atoms with Crippen molar-refractivity contribution in [3.05, 3.63) is 17.8 Å². The number of hydrogen-bond donors (Lipinski definition) is 1. The largest absolute Gasteiger partial charge is 0.453 e. The molecule has 0 aliphatic heterocycles. The van der Waals surface area contributed by atoms with Gasteiger partial charge >= 0.3 is 6.09 Å². The quantitative estimate of drug-likeness (QED) is 0.942. The van der Waals surface area contributed by atoms with E-state index in [1.807, 2.05) is 6.92 Å². The minimum absolute atomic E-state index is 0.503. The number of ether oxygens (including phenoxy) is 1. The molecule has 1 N–H and O–H groups in total. The molecule has 0 unspecified atom stereocenters. The van der Waals surface area contributed by atoms with E-state index in [0.717, 1.165) is 17.6 Å². The standard InChI is InChI=1S/C16H22N4O2/c1-11-8-13-14(17-9-11)18-15(19-16(21)22-2)20(13)10-12-6-4-3-5-7-12/h8-9,12H,3-7,10H2,1-2H3,(H,17,18,19,21). The lowest BCUT2D eigenvalue weighted by atomic mass is 9.89. The van der Waals surface area contributed by atoms with Gasteiger partial charge < -0.3 is 9.30 Å². The predicted octanol–water partition coefficient (Wildman–Crippen LogP) is 3.50. The van der Waals surface area contributed by atoms with Crippen molar-refractivity contribution in [1.29, 1.82) is 0 Å². The first-order valence-corrected chi connectivity index (χ1v) is 7.85. The molecule has 2 heterocycles. The van der Waals surface area contributed by atoms with Crippen molar-refractivity contribution in [1.82, 2.24) is 14.5 Å². The maximum atomic E-state index is 11.6. The molecule has 118 valence electrons. The molecule has 0 aromatic carbocycles. The molecular formula is C16H22N4O2. The second kappa shape index (κ2) is 6.34. The first-order valence-electron chi connectivity index (χ1n) is 7.85. The van der Waals surface area contributed by atoms with Crippen molar-refractivity contribution in [3.8, 4) is 0 Å². The zero-order chi connectivity index (χ0) is 15.5. The number of rotatable bonds is 3. The molecule has 0 spiro atoms. The summed E-state index contributed by atoms with van der Waals surface area (Å²) >= 11 is 0. The molecule has 0 atom stereocenters. The molecule has 2 aromatic rings. The molecule has 22 heavy (non-hydrogen) atoms. The molecule has 3 rings (SSSR count). The number of aryl methyl sites for hydroxylation is 1. The van der Waals surface area contributed by atoms with Crippen molar-refractivity contribution >= 4 is 23.2 Å². The van der Waals surface area contributed by atoms with Crippen molar-refractivity contribution in [2.75, 3.05) is 12.4 Å². The summed E-state index contributed by atoms with van der Waals surface area (Å²) in [6.45, 7) is 2.87. The first kappa shape index (κ1) is 14.8. The van der Waals surface area contributed by atoms with Gasteiger partial charge in [0.2, 0.25) is 5.95 Å². The van der Waals surface area contributed by atoms with Crippen LogP contribution < -0.4 is 5.32 Å². The summed E-state index contributed by atoms with van der Waals surface area (Å²) in [6, 6.07) is 2.07. The van der Waals surface area contributed by atoms with E-state index < -0.39 is 6.09 Å². The van der Waals surface area contributed by atoms with E-state index >= 15 is 0 Å². The molecule has 1 aliphatic carbocycles. The highest BCUT2D eigenvalue weighted by molar-refractivity contribution is 5.85. The maximum absolute atomic E-state index is 11.6. The van der Waals surface area contributed by atoms with Crippen molar-refractivity contribution in [2.24, 2.45) is 5.92 Å². The van der Waals surface area contributed by atoms with E-state index in [9.17, 15) is 4.79 Å². The summed E-state index contributed by atoms with van der Waals surface area (Å²) in [5.41, 5.74) is 2.71. The average molecular weight is 302 g/mol. The Bertz CT molecular complexity index is 674. The van der Waals surface area contributed by atoms with Crippen LogP contribution in [0, 0.1) is 12.8 Å². The molecule has 1 amide bonds. The lowest BCUT2D eigenvalue weighted by Gasteiger charge is -2.23. The van der Waals surface area contributed by atoms with Gasteiger partial charge in [-0.15, -0.1) is 0 Å². The van der Waals surface area contributed by atoms with E-state index in [2.05, 4.69) is 25.9 Å². The van der Waals surface area contributed by atoms with Gasteiger partial charge in [-0.1, -0.05) is 19.3 Å². The zero-order valence-electron chi connectivity index (χ0n) is 13.1. The molecule has 0 radical (unpaired) electrons. The summed E-state index contributed by atoms with van der Waals surface area (Å²) in [6.07, 6.45) is 7.66. The molecule has 1 saturated carbocycles. The van der Waals surface area contributed by atoms with Crippen LogP contribution in [0.5, 0.6) is 0 Å². The molecule has 6 nitrogen and oxygen atoms in total. The SMILES string of the molecule is COC(=O)Nc1nc2ncc(C)cc2n1CC1CCCCC1. The number of hydrogen-bond acceptors (Lipinski definition) is 4. The van der Waals surface area contributed by atoms with Crippen LogP contribution in [0.15, 0.2) is 12.3 Å². The van der Waals surface area contributed by atoms with Gasteiger partial charge in [-0.2, -0.15) is 4.98 Å². The fraction of sp³-hybridized carbons (Fsp3) is 0.562. The molecule has 0 saturated heterocycles. The Hall–Kier alpha value is -2.11. The van der Waals surface area contributed by atoms with Gasteiger partial charge in [0.25, 0.3) is 0 Å². The maximum Gasteiger partial charge on any atom is 0.413 e. The highest BCUT2D eigenvalue weighted by Crippen LogP contribution is 2.28. The Morgan fingerprint density at radius 1 is 1.41 bits per heavy atom. The Kier molecular flexibility index (Phi) is 4.27. The Morgan fingerprint density at radius 2 is 2.18 bits per heavy atom. The van der Waals surface area contributed by atoms with E-state index in [1.165, 1.54) is 39.2 Å². The number of pyridine rings is 1. The van der Waals surface area contributed by atoms with E-state index in [0.29, 0.717) is 17.5 Å². The molecule has 1 fully saturated rings. The monoisotopic (exact) mass is 302 g/mol. The molecular weight excluding hydrogens is 280 g/mol. The fourth-order valence-corrected chi connectivity index (χ4v) is 3.16. The predicted molar refractivity (Wildman–Crippen MR) is 84.9 cm³/mol. The lowest BCUT2D eigenvalue weighted by molar-refractivity contribution is 0.186. The van der Waals surface area contributed by atoms with E-state index in [4.69, 9.17) is 4.74 Å². The van der Waals surface area contributed by atoms with E-state index in [1.54, 1.807) is 6.20 Å². The summed E-state index contributed by atoms with van der Waals surface area (Å²) in [5.74, 6) is 1.15. The van der Waals surface area contributed by atoms with Crippen LogP contribution in [0.4, 0.5) is 10.7 Å². The third-order valence-electron chi connectivity index (χ3n) is 4.31. The number of methoxy groups -OCH3 is 1. The highest BCUT2D eigenvalue weighted by atomic mass is 16.5. The minimum Gasteiger partial charge on any atom is -0.453 e. The Morgan fingerprint density at radius 3 is 2.91 bits per heavy atom. The van der Waals surface area contributed by atoms with Gasteiger partial charge in [-0.25, -0.2) is 9.78 Å². The second-order valence-corrected chi connectivity index (χ2v) is 6.02. The Labute approximate surface area is 129 Å². The normalized spacial score (nSPS) is 15.9. The summed E-state index contributed by atoms with van der Waals surface area (Å²) < 4.78 is 6.77. The van der Waals surface area contributed by atoms with Crippen LogP contribution in [-0.2, 0) is 11.3 Å². The second-order valence-electron chi connectivity index (χ2n) is 6.02. The number of aromatic nitrogens is 3. The number of carbonyl (C=O) groups excluding carboxylic acids is 1. The first-order chi connectivity index (χ1) is 10.7. The molecule has 1 aliphatic rings. The average Bonchev–Trinajstić information content (AvgIpc) is 2.85. The van der Waals surface area contributed by atoms with Gasteiger partial charge in [0.1, 0.15) is 0 Å². The fourth-order valence-electron chi connectivity index (χ4n) is 3.16. The number of nitrogens with one attached hydrogen (secondary N) is 1. The van der Waals surface area contributed by atoms with Crippen LogP contribution in [0.2, 0.25) is 0 Å². The minimum atomic E-state index is -0.503. The van der Waals surface area contributed by atoms with Crippen molar-refractivity contribution < 1.29 is 9.53 Å². The number of imidazole rings is 1. The van der Waals surface area contributed by atoms with Gasteiger partial charge in [0.05, 0.1) is 12.6 Å². The number of nitrogens with zero attached hydrogens (tertiary/aromatic N) is 3. The van der Waals surface area contributed by atoms with Crippen LogP contribution in [0.3, 0.4) is 0 Å². The topological polar surface area (TPSA) is 69.0 Å². The van der Waals surface area contributed by atoms with Crippen molar-refractivity contribution in [3.63, 3.8) is 0 Å². The van der Waals surface area contributed by atoms with Crippen LogP contribution >= 0.6 is 0 Å². The van der Waals surface area contributed by atoms with E-state index in [-0.39, 0.29) is 0 Å². The van der Waals surface area contributed by atoms with Gasteiger partial charge in [-0.05, 0) is 37.3 Å². The van der Waals surface area contributed by atoms with Gasteiger partial charge in [0.15, 0.2) is 5.65 Å². The smallest absolute Gasteiger partial charge is 0.413 e. The number of anilines is 1. The zero-order valence-corrected chi connectivity index (χ0v) is 13.1. The number of carbonyl (C=O) groups is 1. The Balaban J connectivity index is 1.96. The number of amides is 1. The number of fused-ring (bicyclic) bond motifs is 1.